The molecule has 0 spiro atoms. The number of aromatic amines is 2. The molecule has 0 unspecified atom stereocenters. The number of fused-ring (bicyclic) bond motifs is 2. The van der Waals surface area contributed by atoms with Crippen molar-refractivity contribution in [3.63, 3.8) is 0 Å². The van der Waals surface area contributed by atoms with Crippen LogP contribution in [0.25, 0.3) is 22.3 Å². The van der Waals surface area contributed by atoms with Crippen molar-refractivity contribution in [1.29, 1.82) is 0 Å². The van der Waals surface area contributed by atoms with E-state index in [0.717, 1.165) is 0 Å². The maximum absolute atomic E-state index is 11.5. The summed E-state index contributed by atoms with van der Waals surface area (Å²) < 4.78 is 57.8. The lowest BCUT2D eigenvalue weighted by Crippen LogP contribution is -2.33. The molecular formula is C20H39N8O30P5. The Morgan fingerprint density at radius 3 is 0.921 bits per heavy atom. The summed E-state index contributed by atoms with van der Waals surface area (Å²) in [7, 11) is -23.2. The van der Waals surface area contributed by atoms with Crippen LogP contribution in [0.2, 0.25) is 0 Å². The van der Waals surface area contributed by atoms with Gasteiger partial charge >= 0.3 is 39.1 Å². The van der Waals surface area contributed by atoms with E-state index in [9.17, 15) is 30.0 Å². The van der Waals surface area contributed by atoms with E-state index in [1.807, 2.05) is 0 Å². The Bertz CT molecular complexity index is 2110. The maximum Gasteiger partial charge on any atom is 0.466 e. The van der Waals surface area contributed by atoms with Crippen molar-refractivity contribution in [3.05, 3.63) is 46.0 Å². The number of aliphatic hydroxyl groups is 6. The molecule has 63 heavy (non-hydrogen) atoms. The van der Waals surface area contributed by atoms with Crippen molar-refractivity contribution in [2.45, 2.75) is 49.1 Å². The summed E-state index contributed by atoms with van der Waals surface area (Å²) in [6.07, 6.45) is -3.57. The van der Waals surface area contributed by atoms with Gasteiger partial charge in [-0.25, -0.2) is 42.8 Å². The smallest absolute Gasteiger partial charge is 0.394 e. The minimum Gasteiger partial charge on any atom is -0.394 e. The highest BCUT2D eigenvalue weighted by molar-refractivity contribution is 7.46. The lowest BCUT2D eigenvalue weighted by molar-refractivity contribution is -0.0511. The Labute approximate surface area is 345 Å². The van der Waals surface area contributed by atoms with Gasteiger partial charge in [-0.05, 0) is 0 Å². The van der Waals surface area contributed by atoms with Crippen molar-refractivity contribution in [2.24, 2.45) is 0 Å². The second-order valence-electron chi connectivity index (χ2n) is 11.1. The fraction of sp³-hybridized carbons (Fsp3) is 0.500. The van der Waals surface area contributed by atoms with E-state index in [2.05, 4.69) is 29.9 Å². The number of hydrogen-bond donors (Lipinski definition) is 23. The van der Waals surface area contributed by atoms with Crippen LogP contribution < -0.4 is 11.1 Å². The van der Waals surface area contributed by atoms with Crippen LogP contribution in [-0.4, -0.2) is 193 Å². The summed E-state index contributed by atoms with van der Waals surface area (Å²) in [5, 5.41) is 57.3. The molecule has 6 rings (SSSR count). The van der Waals surface area contributed by atoms with Crippen LogP contribution in [0.3, 0.4) is 0 Å². The number of H-pyrrole nitrogens is 2. The van der Waals surface area contributed by atoms with Gasteiger partial charge in [0.05, 0.1) is 38.5 Å². The van der Waals surface area contributed by atoms with Gasteiger partial charge in [0.15, 0.2) is 34.8 Å². The zero-order chi connectivity index (χ0) is 49.6. The Morgan fingerprint density at radius 2 is 0.714 bits per heavy atom. The molecule has 8 atom stereocenters. The molecule has 0 bridgehead atoms. The van der Waals surface area contributed by atoms with Crippen molar-refractivity contribution < 1.29 is 136 Å². The average Bonchev–Trinajstić information content (AvgIpc) is 3.83. The molecule has 43 heteroatoms. The first-order chi connectivity index (χ1) is 28.3. The third-order valence-corrected chi connectivity index (χ3v) is 6.31. The van der Waals surface area contributed by atoms with Crippen LogP contribution in [-0.2, 0) is 32.3 Å². The van der Waals surface area contributed by atoms with Gasteiger partial charge < -0.3 is 123 Å². The Balaban J connectivity index is 0.000000806. The molecule has 4 aromatic heterocycles. The number of nitrogens with zero attached hydrogens (tertiary/aromatic N) is 6. The molecule has 38 nitrogen and oxygen atoms in total. The SMILES string of the molecule is O=P(O)(O)O.O=P(O)(O)O.O=P(O)(O)O.O=P(O)(O)O.O=P(O)(O)O.O=c1[nH]cnc2c1ncn2[C@@H]1O[C@H](CO)[C@@H](O)[C@H]1O.O=c1[nH]cnc2c1ncn2[C@@H]1O[C@H](CO)[C@@H](O)[C@H]1O. The molecule has 0 aromatic carbocycles. The van der Waals surface area contributed by atoms with Gasteiger partial charge in [0.25, 0.3) is 11.1 Å². The highest BCUT2D eigenvalue weighted by Gasteiger charge is 2.45. The van der Waals surface area contributed by atoms with Crippen LogP contribution in [0, 0.1) is 0 Å². The van der Waals surface area contributed by atoms with Crippen LogP contribution in [0.5, 0.6) is 0 Å². The van der Waals surface area contributed by atoms with Crippen LogP contribution in [0.4, 0.5) is 0 Å². The zero-order valence-corrected chi connectivity index (χ0v) is 34.8. The van der Waals surface area contributed by atoms with Gasteiger partial charge in [0.1, 0.15) is 36.6 Å². The Hall–Kier alpha value is -3.07. The Kier molecular flexibility index (Phi) is 23.8. The van der Waals surface area contributed by atoms with E-state index in [1.54, 1.807) is 0 Å². The zero-order valence-electron chi connectivity index (χ0n) is 30.3. The van der Waals surface area contributed by atoms with Crippen LogP contribution in [0.1, 0.15) is 12.5 Å². The third kappa shape index (κ3) is 25.3. The van der Waals surface area contributed by atoms with Crippen LogP contribution >= 0.6 is 39.1 Å². The number of nitrogens with one attached hydrogen (secondary N) is 2. The number of aromatic nitrogens is 8. The molecule has 2 aliphatic heterocycles. The maximum atomic E-state index is 11.5. The van der Waals surface area contributed by atoms with E-state index in [0.29, 0.717) is 0 Å². The predicted octanol–water partition coefficient (Wildman–Crippen LogP) is -9.18. The fourth-order valence-corrected chi connectivity index (χ4v) is 4.32. The minimum absolute atomic E-state index is 0.111. The predicted molar refractivity (Wildman–Crippen MR) is 194 cm³/mol. The monoisotopic (exact) mass is 1030 g/mol. The largest absolute Gasteiger partial charge is 0.466 e. The summed E-state index contributed by atoms with van der Waals surface area (Å²) in [5.41, 5.74) is -0.122. The molecule has 0 saturated carbocycles. The summed E-state index contributed by atoms with van der Waals surface area (Å²) in [6, 6.07) is 0. The van der Waals surface area contributed by atoms with Crippen molar-refractivity contribution in [3.8, 4) is 0 Å². The van der Waals surface area contributed by atoms with Gasteiger partial charge in [0.2, 0.25) is 0 Å². The second kappa shape index (κ2) is 25.0. The summed E-state index contributed by atoms with van der Waals surface area (Å²) in [5.74, 6) is 0. The first-order valence-electron chi connectivity index (χ1n) is 15.2. The standard InChI is InChI=1S/2C10H12N4O5.5H3O4P/c2*15-1-4-6(16)7(17)10(19-4)14-3-13-5-8(14)11-2-12-9(5)18;5*1-5(2,3)4/h2*2-4,6-7,10,15-17H,1H2,(H,11,12,18);5*(H3,1,2,3,4)/t2*4-,6-,7-,10-;;;;;/m11...../s1. The minimum atomic E-state index is -4.64. The van der Waals surface area contributed by atoms with E-state index in [1.165, 1.54) is 34.4 Å². The molecule has 2 fully saturated rings. The normalized spacial score (nSPS) is 23.4. The van der Waals surface area contributed by atoms with E-state index >= 15 is 0 Å². The molecule has 0 aliphatic carbocycles. The molecule has 6 heterocycles. The molecule has 4 aromatic rings. The van der Waals surface area contributed by atoms with Crippen molar-refractivity contribution in [2.75, 3.05) is 13.2 Å². The topological polar surface area (TPSA) is 656 Å². The third-order valence-electron chi connectivity index (χ3n) is 6.31. The first-order valence-corrected chi connectivity index (χ1v) is 23.1. The molecule has 23 N–H and O–H groups in total. The van der Waals surface area contributed by atoms with E-state index in [4.69, 9.17) is 116 Å². The molecule has 0 amide bonds. The summed E-state index contributed by atoms with van der Waals surface area (Å²) >= 11 is 0. The number of phosphoric acid groups is 5. The molecule has 2 saturated heterocycles. The summed E-state index contributed by atoms with van der Waals surface area (Å²) in [4.78, 5) is 151. The number of ether oxygens (including phenoxy) is 2. The quantitative estimate of drug-likeness (QED) is 0.0844. The highest BCUT2D eigenvalue weighted by Crippen LogP contribution is 2.32. The number of imidazole rings is 2. The van der Waals surface area contributed by atoms with E-state index < -0.39 is 113 Å². The van der Waals surface area contributed by atoms with Gasteiger partial charge in [-0.15, -0.1) is 0 Å². The van der Waals surface area contributed by atoms with E-state index in [-0.39, 0.29) is 22.3 Å². The second-order valence-corrected chi connectivity index (χ2v) is 16.3. The van der Waals surface area contributed by atoms with Crippen molar-refractivity contribution >= 4 is 61.4 Å². The molecule has 2 aliphatic rings. The van der Waals surface area contributed by atoms with Crippen LogP contribution in [0.15, 0.2) is 34.9 Å². The number of hydrogen-bond acceptors (Lipinski definition) is 19. The van der Waals surface area contributed by atoms with Gasteiger partial charge in [-0.2, -0.15) is 0 Å². The lowest BCUT2D eigenvalue weighted by atomic mass is 10.1. The molecular weight excluding hydrogens is 987 g/mol. The molecule has 364 valence electrons. The van der Waals surface area contributed by atoms with Gasteiger partial charge in [-0.1, -0.05) is 0 Å². The highest BCUT2D eigenvalue weighted by atomic mass is 31.2. The fourth-order valence-electron chi connectivity index (χ4n) is 4.32. The van der Waals surface area contributed by atoms with Gasteiger partial charge in [0, 0.05) is 0 Å². The van der Waals surface area contributed by atoms with Crippen molar-refractivity contribution in [1.82, 2.24) is 39.0 Å². The lowest BCUT2D eigenvalue weighted by Gasteiger charge is -2.16. The first kappa shape index (κ1) is 59.9. The summed E-state index contributed by atoms with van der Waals surface area (Å²) in [6.45, 7) is -0.843. The number of rotatable bonds is 4. The number of aliphatic hydroxyl groups excluding tert-OH is 6. The molecule has 0 radical (unpaired) electrons. The average molecular weight is 1030 g/mol. The van der Waals surface area contributed by atoms with Gasteiger partial charge in [-0.3, -0.25) is 18.7 Å². The Morgan fingerprint density at radius 1 is 0.476 bits per heavy atom.